The number of aromatic nitrogens is 1. The molecule has 0 amide bonds. The maximum Gasteiger partial charge on any atom is 0.352 e. The maximum absolute atomic E-state index is 12.1. The molecule has 0 bridgehead atoms. The van der Waals surface area contributed by atoms with Gasteiger partial charge >= 0.3 is 5.97 Å². The molecule has 6 nitrogen and oxygen atoms in total. The summed E-state index contributed by atoms with van der Waals surface area (Å²) < 4.78 is 11.6. The zero-order valence-corrected chi connectivity index (χ0v) is 17.3. The Morgan fingerprint density at radius 2 is 1.87 bits per heavy atom. The minimum atomic E-state index is -1.86. The number of rotatable bonds is 7. The Balaban J connectivity index is 1.99. The van der Waals surface area contributed by atoms with E-state index in [1.54, 1.807) is 48.8 Å². The third-order valence-electron chi connectivity index (χ3n) is 4.40. The van der Waals surface area contributed by atoms with E-state index >= 15 is 0 Å². The Morgan fingerprint density at radius 1 is 1.17 bits per heavy atom. The molecule has 30 heavy (non-hydrogen) atoms. The van der Waals surface area contributed by atoms with E-state index in [4.69, 9.17) is 32.7 Å². The van der Waals surface area contributed by atoms with Gasteiger partial charge in [-0.1, -0.05) is 41.4 Å². The summed E-state index contributed by atoms with van der Waals surface area (Å²) in [5.74, 6) is -0.990. The van der Waals surface area contributed by atoms with E-state index in [2.05, 4.69) is 4.98 Å². The van der Waals surface area contributed by atoms with Crippen molar-refractivity contribution in [3.8, 4) is 17.6 Å². The Bertz CT molecular complexity index is 1120. The third kappa shape index (κ3) is 4.48. The largest absolute Gasteiger partial charge is 0.489 e. The van der Waals surface area contributed by atoms with E-state index in [0.717, 1.165) is 5.56 Å². The first-order valence-electron chi connectivity index (χ1n) is 8.78. The molecular formula is C22H16Cl2N2O4. The smallest absolute Gasteiger partial charge is 0.352 e. The molecule has 1 unspecified atom stereocenters. The van der Waals surface area contributed by atoms with Gasteiger partial charge in [-0.15, -0.1) is 0 Å². The van der Waals surface area contributed by atoms with Gasteiger partial charge in [0.15, 0.2) is 0 Å². The first kappa shape index (κ1) is 21.4. The average Bonchev–Trinajstić information content (AvgIpc) is 2.73. The van der Waals surface area contributed by atoms with Crippen LogP contribution in [0.4, 0.5) is 0 Å². The lowest BCUT2D eigenvalue weighted by molar-refractivity contribution is -0.154. The Kier molecular flexibility index (Phi) is 6.46. The standard InChI is InChI=1S/C22H16Cl2N2O4/c1-22(21(27)28,17-4-2-3-5-18(17)23)30-20-11-15(10-19(24)16(20)12-25)29-13-14-6-8-26-9-7-14/h2-11H,13H2,1H3,(H,27,28). The number of pyridine rings is 1. The zero-order valence-electron chi connectivity index (χ0n) is 15.8. The maximum atomic E-state index is 12.1. The van der Waals surface area contributed by atoms with Crippen LogP contribution in [0.25, 0.3) is 0 Å². The number of carboxylic acid groups (broad SMARTS) is 1. The predicted molar refractivity (Wildman–Crippen MR) is 112 cm³/mol. The van der Waals surface area contributed by atoms with Gasteiger partial charge in [0, 0.05) is 35.1 Å². The van der Waals surface area contributed by atoms with Crippen LogP contribution in [0.1, 0.15) is 23.6 Å². The minimum absolute atomic E-state index is 0.00698. The predicted octanol–water partition coefficient (Wildman–Crippen LogP) is 5.22. The molecule has 1 aromatic heterocycles. The molecule has 0 saturated carbocycles. The Morgan fingerprint density at radius 3 is 2.50 bits per heavy atom. The van der Waals surface area contributed by atoms with Gasteiger partial charge in [-0.2, -0.15) is 5.26 Å². The van der Waals surface area contributed by atoms with E-state index in [1.165, 1.54) is 19.1 Å². The summed E-state index contributed by atoms with van der Waals surface area (Å²) in [4.78, 5) is 16.1. The molecule has 0 radical (unpaired) electrons. The molecule has 152 valence electrons. The topological polar surface area (TPSA) is 92.4 Å². The summed E-state index contributed by atoms with van der Waals surface area (Å²) in [6.07, 6.45) is 3.28. The molecule has 1 atom stereocenters. The lowest BCUT2D eigenvalue weighted by atomic mass is 9.95. The SMILES string of the molecule is CC(Oc1cc(OCc2ccncc2)cc(Cl)c1C#N)(C(=O)O)c1ccccc1Cl. The third-order valence-corrected chi connectivity index (χ3v) is 5.03. The summed E-state index contributed by atoms with van der Waals surface area (Å²) in [7, 11) is 0. The number of carbonyl (C=O) groups is 1. The van der Waals surface area contributed by atoms with Gasteiger partial charge in [-0.3, -0.25) is 4.98 Å². The van der Waals surface area contributed by atoms with Gasteiger partial charge in [0.25, 0.3) is 0 Å². The molecule has 2 aromatic carbocycles. The lowest BCUT2D eigenvalue weighted by Gasteiger charge is -2.28. The number of halogens is 2. The highest BCUT2D eigenvalue weighted by molar-refractivity contribution is 6.32. The van der Waals surface area contributed by atoms with Crippen LogP contribution in [0.5, 0.6) is 11.5 Å². The number of benzene rings is 2. The number of hydrogen-bond donors (Lipinski definition) is 1. The molecule has 1 N–H and O–H groups in total. The average molecular weight is 443 g/mol. The summed E-state index contributed by atoms with van der Waals surface area (Å²) >= 11 is 12.4. The Labute approximate surface area is 183 Å². The van der Waals surface area contributed by atoms with Crippen molar-refractivity contribution in [2.45, 2.75) is 19.1 Å². The lowest BCUT2D eigenvalue weighted by Crippen LogP contribution is -2.39. The molecule has 8 heteroatoms. The second-order valence-electron chi connectivity index (χ2n) is 6.45. The number of hydrogen-bond acceptors (Lipinski definition) is 5. The van der Waals surface area contributed by atoms with Crippen LogP contribution in [0.15, 0.2) is 60.9 Å². The summed E-state index contributed by atoms with van der Waals surface area (Å²) in [5, 5.41) is 19.7. The van der Waals surface area contributed by atoms with E-state index in [-0.39, 0.29) is 33.5 Å². The van der Waals surface area contributed by atoms with Crippen LogP contribution in [0.3, 0.4) is 0 Å². The van der Waals surface area contributed by atoms with Crippen molar-refractivity contribution in [2.24, 2.45) is 0 Å². The molecule has 3 aromatic rings. The van der Waals surface area contributed by atoms with E-state index in [0.29, 0.717) is 5.75 Å². The molecule has 0 spiro atoms. The number of carboxylic acids is 1. The fourth-order valence-corrected chi connectivity index (χ4v) is 3.32. The highest BCUT2D eigenvalue weighted by atomic mass is 35.5. The number of nitriles is 1. The molecule has 3 rings (SSSR count). The van der Waals surface area contributed by atoms with E-state index in [1.807, 2.05) is 6.07 Å². The second kappa shape index (κ2) is 9.04. The van der Waals surface area contributed by atoms with Gasteiger partial charge < -0.3 is 14.6 Å². The van der Waals surface area contributed by atoms with Crippen LogP contribution in [0, 0.1) is 11.3 Å². The number of ether oxygens (including phenoxy) is 2. The molecule has 0 fully saturated rings. The monoisotopic (exact) mass is 442 g/mol. The fraction of sp³-hybridized carbons (Fsp3) is 0.136. The van der Waals surface area contributed by atoms with Crippen molar-refractivity contribution in [1.82, 2.24) is 4.98 Å². The fourth-order valence-electron chi connectivity index (χ4n) is 2.76. The van der Waals surface area contributed by atoms with Crippen molar-refractivity contribution in [3.63, 3.8) is 0 Å². The van der Waals surface area contributed by atoms with Gasteiger partial charge in [0.1, 0.15) is 29.7 Å². The normalized spacial score (nSPS) is 12.5. The van der Waals surface area contributed by atoms with Gasteiger partial charge in [0.05, 0.1) is 5.02 Å². The van der Waals surface area contributed by atoms with Crippen LogP contribution >= 0.6 is 23.2 Å². The summed E-state index contributed by atoms with van der Waals surface area (Å²) in [6, 6.07) is 14.9. The zero-order chi connectivity index (χ0) is 21.7. The number of nitrogens with zero attached hydrogens (tertiary/aromatic N) is 2. The highest BCUT2D eigenvalue weighted by Gasteiger charge is 2.40. The van der Waals surface area contributed by atoms with Crippen LogP contribution in [-0.4, -0.2) is 16.1 Å². The van der Waals surface area contributed by atoms with Crippen molar-refractivity contribution < 1.29 is 19.4 Å². The molecule has 0 aliphatic heterocycles. The molecular weight excluding hydrogens is 427 g/mol. The van der Waals surface area contributed by atoms with Crippen LogP contribution < -0.4 is 9.47 Å². The van der Waals surface area contributed by atoms with Crippen molar-refractivity contribution >= 4 is 29.2 Å². The van der Waals surface area contributed by atoms with Crippen LogP contribution in [-0.2, 0) is 17.0 Å². The van der Waals surface area contributed by atoms with Crippen molar-refractivity contribution in [3.05, 3.63) is 87.7 Å². The van der Waals surface area contributed by atoms with Gasteiger partial charge in [0.2, 0.25) is 5.60 Å². The Hall–Kier alpha value is -3.27. The minimum Gasteiger partial charge on any atom is -0.489 e. The van der Waals surface area contributed by atoms with Crippen molar-refractivity contribution in [1.29, 1.82) is 5.26 Å². The first-order chi connectivity index (χ1) is 14.3. The quantitative estimate of drug-likeness (QED) is 0.539. The summed E-state index contributed by atoms with van der Waals surface area (Å²) in [6.45, 7) is 1.58. The number of aliphatic carboxylic acids is 1. The molecule has 0 aliphatic rings. The van der Waals surface area contributed by atoms with Crippen LogP contribution in [0.2, 0.25) is 10.0 Å². The van der Waals surface area contributed by atoms with Gasteiger partial charge in [-0.05, 0) is 30.7 Å². The first-order valence-corrected chi connectivity index (χ1v) is 9.53. The molecule has 0 saturated heterocycles. The molecule has 1 heterocycles. The van der Waals surface area contributed by atoms with E-state index in [9.17, 15) is 15.2 Å². The van der Waals surface area contributed by atoms with E-state index < -0.39 is 11.6 Å². The second-order valence-corrected chi connectivity index (χ2v) is 7.27. The molecule has 0 aliphatic carbocycles. The highest BCUT2D eigenvalue weighted by Crippen LogP contribution is 2.38. The van der Waals surface area contributed by atoms with Crippen molar-refractivity contribution in [2.75, 3.05) is 0 Å². The summed E-state index contributed by atoms with van der Waals surface area (Å²) in [5.41, 5.74) is -0.758. The van der Waals surface area contributed by atoms with Gasteiger partial charge in [-0.25, -0.2) is 4.79 Å².